The van der Waals surface area contributed by atoms with Crippen LogP contribution in [0.5, 0.6) is 0 Å². The number of hydrogen-bond acceptors (Lipinski definition) is 6. The molecule has 0 fully saturated rings. The molecule has 1 spiro atoms. The Morgan fingerprint density at radius 1 is 0.443 bits per heavy atom. The summed E-state index contributed by atoms with van der Waals surface area (Å²) in [6.45, 7) is 4.63. The fourth-order valence-corrected chi connectivity index (χ4v) is 16.4. The van der Waals surface area contributed by atoms with Crippen LogP contribution >= 0.6 is 68.0 Å². The van der Waals surface area contributed by atoms with Crippen LogP contribution in [0.1, 0.15) is 124 Å². The van der Waals surface area contributed by atoms with Gasteiger partial charge in [-0.3, -0.25) is 0 Å². The lowest BCUT2D eigenvalue weighted by atomic mass is 9.74. The van der Waals surface area contributed by atoms with Gasteiger partial charge in [0.15, 0.2) is 0 Å². The van der Waals surface area contributed by atoms with Crippen molar-refractivity contribution in [2.75, 3.05) is 0 Å². The molecular formula is C55H56S6. The largest absolute Gasteiger partial charge is 0.143 e. The summed E-state index contributed by atoms with van der Waals surface area (Å²) in [5.74, 6) is 0. The van der Waals surface area contributed by atoms with Crippen LogP contribution in [0.15, 0.2) is 108 Å². The number of aryl methyl sites for hydroxylation is 2. The molecule has 312 valence electrons. The lowest BCUT2D eigenvalue weighted by Crippen LogP contribution is -2.26. The van der Waals surface area contributed by atoms with E-state index in [9.17, 15) is 0 Å². The molecule has 2 aromatic carbocycles. The van der Waals surface area contributed by atoms with Gasteiger partial charge in [0.05, 0.1) is 0 Å². The van der Waals surface area contributed by atoms with Crippen LogP contribution in [-0.2, 0) is 31.1 Å². The second-order valence-corrected chi connectivity index (χ2v) is 23.6. The van der Waals surface area contributed by atoms with Gasteiger partial charge in [0.25, 0.3) is 0 Å². The summed E-state index contributed by atoms with van der Waals surface area (Å²) in [6.07, 6.45) is 20.8. The number of fused-ring (bicyclic) bond motifs is 6. The van der Waals surface area contributed by atoms with Crippen LogP contribution < -0.4 is 0 Å². The summed E-state index contributed by atoms with van der Waals surface area (Å²) in [5, 5.41) is 4.68. The van der Waals surface area contributed by atoms with Gasteiger partial charge in [-0.1, -0.05) is 121 Å². The quantitative estimate of drug-likeness (QED) is 0.0709. The van der Waals surface area contributed by atoms with Crippen molar-refractivity contribution in [1.29, 1.82) is 0 Å². The van der Waals surface area contributed by atoms with Crippen LogP contribution in [0.3, 0.4) is 0 Å². The molecule has 2 aliphatic carbocycles. The first-order chi connectivity index (χ1) is 30.1. The van der Waals surface area contributed by atoms with E-state index in [2.05, 4.69) is 122 Å². The second-order valence-electron chi connectivity index (χ2n) is 17.4. The van der Waals surface area contributed by atoms with E-state index in [1.54, 1.807) is 22.3 Å². The zero-order chi connectivity index (χ0) is 41.2. The minimum absolute atomic E-state index is 0.0310. The number of rotatable bonds is 19. The molecule has 6 aromatic heterocycles. The highest BCUT2D eigenvalue weighted by Gasteiger charge is 2.48. The second kappa shape index (κ2) is 18.8. The molecule has 10 rings (SSSR count). The van der Waals surface area contributed by atoms with Gasteiger partial charge >= 0.3 is 0 Å². The van der Waals surface area contributed by atoms with Gasteiger partial charge in [0.1, 0.15) is 0 Å². The zero-order valence-corrected chi connectivity index (χ0v) is 40.6. The fraction of sp³-hybridized carbons (Fsp3) is 0.345. The molecule has 0 N–H and O–H groups in total. The third kappa shape index (κ3) is 8.55. The van der Waals surface area contributed by atoms with Crippen LogP contribution in [0.2, 0.25) is 0 Å². The van der Waals surface area contributed by atoms with Gasteiger partial charge < -0.3 is 0 Å². The Morgan fingerprint density at radius 2 is 0.902 bits per heavy atom. The molecule has 0 atom stereocenters. The van der Waals surface area contributed by atoms with E-state index < -0.39 is 0 Å². The maximum absolute atomic E-state index is 2.65. The minimum atomic E-state index is 0.0310. The lowest BCUT2D eigenvalue weighted by Gasteiger charge is -2.28. The van der Waals surface area contributed by atoms with Crippen LogP contribution in [0.25, 0.3) is 59.9 Å². The summed E-state index contributed by atoms with van der Waals surface area (Å²) in [7, 11) is 0. The predicted molar refractivity (Wildman–Crippen MR) is 275 cm³/mol. The molecule has 0 saturated heterocycles. The molecule has 61 heavy (non-hydrogen) atoms. The van der Waals surface area contributed by atoms with E-state index in [1.807, 2.05) is 68.0 Å². The first-order valence-corrected chi connectivity index (χ1v) is 27.9. The van der Waals surface area contributed by atoms with Crippen molar-refractivity contribution < 1.29 is 0 Å². The highest BCUT2D eigenvalue weighted by Crippen LogP contribution is 2.58. The first kappa shape index (κ1) is 41.6. The van der Waals surface area contributed by atoms with Crippen molar-refractivity contribution in [2.24, 2.45) is 0 Å². The monoisotopic (exact) mass is 908 g/mol. The minimum Gasteiger partial charge on any atom is -0.143 e. The predicted octanol–water partition coefficient (Wildman–Crippen LogP) is 19.3. The van der Waals surface area contributed by atoms with Crippen molar-refractivity contribution in [3.63, 3.8) is 0 Å². The summed E-state index contributed by atoms with van der Waals surface area (Å²) >= 11 is 11.6. The maximum Gasteiger partial charge on any atom is 0.0478 e. The number of benzene rings is 2. The van der Waals surface area contributed by atoms with Gasteiger partial charge in [0, 0.05) is 54.2 Å². The van der Waals surface area contributed by atoms with Crippen LogP contribution in [0, 0.1) is 0 Å². The van der Waals surface area contributed by atoms with Gasteiger partial charge in [-0.2, -0.15) is 0 Å². The molecular weight excluding hydrogens is 853 g/mol. The number of thiophene rings is 6. The Balaban J connectivity index is 0.894. The van der Waals surface area contributed by atoms with Crippen LogP contribution in [0.4, 0.5) is 0 Å². The van der Waals surface area contributed by atoms with E-state index in [4.69, 9.17) is 0 Å². The normalized spacial score (nSPS) is 13.7. The molecule has 2 aliphatic rings. The molecule has 0 amide bonds. The van der Waals surface area contributed by atoms with Gasteiger partial charge in [-0.05, 0) is 148 Å². The average molecular weight is 909 g/mol. The maximum atomic E-state index is 2.65. The molecule has 0 bridgehead atoms. The summed E-state index contributed by atoms with van der Waals surface area (Å²) in [4.78, 5) is 13.8. The average Bonchev–Trinajstić information content (AvgIpc) is 4.12. The first-order valence-electron chi connectivity index (χ1n) is 22.9. The Bertz CT molecular complexity index is 2640. The van der Waals surface area contributed by atoms with Crippen molar-refractivity contribution in [3.05, 3.63) is 141 Å². The Hall–Kier alpha value is -3.36. The highest BCUT2D eigenvalue weighted by molar-refractivity contribution is 7.30. The molecule has 0 aliphatic heterocycles. The summed E-state index contributed by atoms with van der Waals surface area (Å²) < 4.78 is 0. The van der Waals surface area contributed by atoms with Gasteiger partial charge in [-0.25, -0.2) is 0 Å². The third-order valence-electron chi connectivity index (χ3n) is 13.2. The Morgan fingerprint density at radius 3 is 1.39 bits per heavy atom. The molecule has 0 unspecified atom stereocenters. The molecule has 6 heterocycles. The molecule has 6 heteroatoms. The van der Waals surface area contributed by atoms with E-state index in [1.165, 1.54) is 161 Å². The standard InChI is InChI=1S/C55H56S6/c1-3-5-7-9-11-13-16-37-19-21-40-41-22-20-38(17-14-12-10-8-6-4-2)33-44(41)55(43(40)32-37)34-39-36-57-54(42(39)35-55)53-30-29-52(61-53)51-28-27-50(60-51)49-26-25-48(59-49)47-24-23-46(58-47)45-18-15-31-56-45/h15,18-33,36H,3-14,16-17,34-35H2,1-2H3. The van der Waals surface area contributed by atoms with Crippen molar-refractivity contribution in [3.8, 4) is 59.9 Å². The molecule has 0 saturated carbocycles. The van der Waals surface area contributed by atoms with Crippen LogP contribution in [-0.4, -0.2) is 0 Å². The smallest absolute Gasteiger partial charge is 0.0478 e. The van der Waals surface area contributed by atoms with E-state index in [-0.39, 0.29) is 5.41 Å². The third-order valence-corrected chi connectivity index (χ3v) is 20.5. The fourth-order valence-electron chi connectivity index (χ4n) is 9.98. The summed E-state index contributed by atoms with van der Waals surface area (Å²) in [5.41, 5.74) is 12.5. The zero-order valence-electron chi connectivity index (χ0n) is 35.7. The van der Waals surface area contributed by atoms with Crippen molar-refractivity contribution in [2.45, 2.75) is 122 Å². The highest BCUT2D eigenvalue weighted by atomic mass is 32.1. The van der Waals surface area contributed by atoms with E-state index in [0.29, 0.717) is 0 Å². The lowest BCUT2D eigenvalue weighted by molar-refractivity contribution is 0.560. The molecule has 0 nitrogen and oxygen atoms in total. The Labute approximate surface area is 388 Å². The Kier molecular flexibility index (Phi) is 12.8. The molecule has 8 aromatic rings. The summed E-state index contributed by atoms with van der Waals surface area (Å²) in [6, 6.07) is 38.3. The van der Waals surface area contributed by atoms with E-state index >= 15 is 0 Å². The van der Waals surface area contributed by atoms with Crippen molar-refractivity contribution >= 4 is 68.0 Å². The van der Waals surface area contributed by atoms with Gasteiger partial charge in [-0.15, -0.1) is 68.0 Å². The van der Waals surface area contributed by atoms with E-state index in [0.717, 1.165) is 12.8 Å². The van der Waals surface area contributed by atoms with Gasteiger partial charge in [0.2, 0.25) is 0 Å². The van der Waals surface area contributed by atoms with Crippen molar-refractivity contribution in [1.82, 2.24) is 0 Å². The SMILES string of the molecule is CCCCCCCCc1ccc2c(c1)C1(Cc3csc(-c4ccc(-c5ccc(-c6ccc(-c7ccc(-c8cccs8)s7)s6)s5)s4)c3C1)c1cc(CCCCCCCC)ccc1-2. The number of unbranched alkanes of at least 4 members (excludes halogenated alkanes) is 10. The molecule has 0 radical (unpaired) electrons. The number of hydrogen-bond donors (Lipinski definition) is 0. The topological polar surface area (TPSA) is 0 Å².